The van der Waals surface area contributed by atoms with Crippen LogP contribution in [0, 0.1) is 0 Å². The Labute approximate surface area is 158 Å². The first-order chi connectivity index (χ1) is 12.6. The topological polar surface area (TPSA) is 52.8 Å². The maximum Gasteiger partial charge on any atom is 0.274 e. The molecular formula is C19H15ClN2O3S. The number of nitrogens with zero attached hydrogens (tertiary/aromatic N) is 2. The van der Waals surface area contributed by atoms with Gasteiger partial charge in [-0.15, -0.1) is 0 Å². The molecule has 4 aromatic rings. The number of rotatable bonds is 4. The van der Waals surface area contributed by atoms with Gasteiger partial charge in [-0.05, 0) is 42.8 Å². The molecule has 132 valence electrons. The quantitative estimate of drug-likeness (QED) is 0.538. The first-order valence-corrected chi connectivity index (χ1v) is 9.24. The molecule has 2 aromatic heterocycles. The van der Waals surface area contributed by atoms with Crippen LogP contribution >= 0.6 is 22.9 Å². The van der Waals surface area contributed by atoms with Gasteiger partial charge in [0.1, 0.15) is 0 Å². The van der Waals surface area contributed by atoms with E-state index in [2.05, 4.69) is 4.98 Å². The summed E-state index contributed by atoms with van der Waals surface area (Å²) >= 11 is 7.64. The molecule has 2 aromatic carbocycles. The van der Waals surface area contributed by atoms with Crippen LogP contribution in [0.25, 0.3) is 22.1 Å². The number of ether oxygens (including phenoxy) is 2. The lowest BCUT2D eigenvalue weighted by Gasteiger charge is -2.11. The van der Waals surface area contributed by atoms with E-state index in [-0.39, 0.29) is 5.56 Å². The van der Waals surface area contributed by atoms with Crippen LogP contribution in [-0.4, -0.2) is 23.1 Å². The normalized spacial score (nSPS) is 12.2. The number of imidazole rings is 1. The molecule has 0 aliphatic carbocycles. The van der Waals surface area contributed by atoms with Crippen LogP contribution in [0.5, 0.6) is 11.5 Å². The van der Waals surface area contributed by atoms with Crippen molar-refractivity contribution in [3.63, 3.8) is 0 Å². The molecule has 0 bridgehead atoms. The minimum Gasteiger partial charge on any atom is -0.491 e. The maximum atomic E-state index is 12.8. The number of hydrogen-bond acceptors (Lipinski definition) is 5. The second kappa shape index (κ2) is 6.63. The molecule has 5 nitrogen and oxygen atoms in total. The molecule has 0 atom stereocenters. The van der Waals surface area contributed by atoms with Crippen molar-refractivity contribution in [1.29, 1.82) is 0 Å². The molecule has 0 fully saturated rings. The number of thiazole rings is 1. The molecular weight excluding hydrogens is 372 g/mol. The lowest BCUT2D eigenvalue weighted by atomic mass is 10.2. The second-order valence-corrected chi connectivity index (χ2v) is 7.02. The van der Waals surface area contributed by atoms with E-state index in [1.807, 2.05) is 37.3 Å². The minimum atomic E-state index is -0.0939. The number of aromatic nitrogens is 2. The fourth-order valence-electron chi connectivity index (χ4n) is 2.90. The van der Waals surface area contributed by atoms with Crippen molar-refractivity contribution < 1.29 is 9.47 Å². The molecule has 0 radical (unpaired) electrons. The standard InChI is InChI=1S/C19H15ClN2O3S/c1-3-25-15-9-11(8-12(20)17(15)24-2)10-16-18(23)22-14-7-5-4-6-13(14)21-19(22)26-16/h4-10H,3H2,1-2H3. The van der Waals surface area contributed by atoms with E-state index in [1.165, 1.54) is 11.3 Å². The largest absolute Gasteiger partial charge is 0.491 e. The monoisotopic (exact) mass is 386 g/mol. The van der Waals surface area contributed by atoms with Crippen LogP contribution in [-0.2, 0) is 0 Å². The molecule has 4 rings (SSSR count). The Hall–Kier alpha value is -2.57. The number of fused-ring (bicyclic) bond motifs is 3. The summed E-state index contributed by atoms with van der Waals surface area (Å²) in [6.45, 7) is 2.38. The van der Waals surface area contributed by atoms with E-state index in [9.17, 15) is 4.79 Å². The van der Waals surface area contributed by atoms with Gasteiger partial charge in [-0.2, -0.15) is 0 Å². The van der Waals surface area contributed by atoms with Crippen LogP contribution in [0.1, 0.15) is 12.5 Å². The lowest BCUT2D eigenvalue weighted by Crippen LogP contribution is -2.22. The average Bonchev–Trinajstić information content (AvgIpc) is 3.12. The van der Waals surface area contributed by atoms with Crippen molar-refractivity contribution in [2.45, 2.75) is 6.92 Å². The van der Waals surface area contributed by atoms with Gasteiger partial charge in [0.15, 0.2) is 16.5 Å². The molecule has 0 aliphatic heterocycles. The zero-order valence-corrected chi connectivity index (χ0v) is 15.7. The Kier molecular flexibility index (Phi) is 4.30. The van der Waals surface area contributed by atoms with Gasteiger partial charge >= 0.3 is 0 Å². The van der Waals surface area contributed by atoms with Gasteiger partial charge in [0.05, 0.1) is 34.3 Å². The lowest BCUT2D eigenvalue weighted by molar-refractivity contribution is 0.311. The maximum absolute atomic E-state index is 12.8. The third kappa shape index (κ3) is 2.71. The Morgan fingerprint density at radius 3 is 2.88 bits per heavy atom. The van der Waals surface area contributed by atoms with Crippen LogP contribution < -0.4 is 19.6 Å². The highest BCUT2D eigenvalue weighted by Crippen LogP contribution is 2.36. The Bertz CT molecular complexity index is 1230. The molecule has 0 saturated heterocycles. The molecule has 2 heterocycles. The van der Waals surface area contributed by atoms with Gasteiger partial charge in [0.25, 0.3) is 5.56 Å². The smallest absolute Gasteiger partial charge is 0.274 e. The summed E-state index contributed by atoms with van der Waals surface area (Å²) in [5, 5.41) is 0.434. The van der Waals surface area contributed by atoms with Crippen molar-refractivity contribution in [2.75, 3.05) is 13.7 Å². The molecule has 7 heteroatoms. The minimum absolute atomic E-state index is 0.0939. The van der Waals surface area contributed by atoms with Crippen LogP contribution in [0.4, 0.5) is 0 Å². The van der Waals surface area contributed by atoms with Gasteiger partial charge in [0, 0.05) is 0 Å². The van der Waals surface area contributed by atoms with Crippen molar-refractivity contribution in [3.8, 4) is 11.5 Å². The fraction of sp³-hybridized carbons (Fsp3) is 0.158. The number of benzene rings is 2. The summed E-state index contributed by atoms with van der Waals surface area (Å²) in [5.74, 6) is 1.04. The summed E-state index contributed by atoms with van der Waals surface area (Å²) in [4.78, 5) is 18.0. The van der Waals surface area contributed by atoms with Gasteiger partial charge in [-0.3, -0.25) is 4.79 Å². The van der Waals surface area contributed by atoms with Crippen LogP contribution in [0.2, 0.25) is 5.02 Å². The van der Waals surface area contributed by atoms with E-state index in [1.54, 1.807) is 23.7 Å². The van der Waals surface area contributed by atoms with Gasteiger partial charge in [0.2, 0.25) is 0 Å². The summed E-state index contributed by atoms with van der Waals surface area (Å²) in [6.07, 6.45) is 1.80. The Morgan fingerprint density at radius 2 is 2.12 bits per heavy atom. The Morgan fingerprint density at radius 1 is 1.31 bits per heavy atom. The predicted octanol–water partition coefficient (Wildman–Crippen LogP) is 3.52. The van der Waals surface area contributed by atoms with E-state index in [4.69, 9.17) is 21.1 Å². The zero-order valence-electron chi connectivity index (χ0n) is 14.2. The average molecular weight is 387 g/mol. The summed E-state index contributed by atoms with van der Waals surface area (Å²) in [5.41, 5.74) is 2.30. The molecule has 0 aliphatic rings. The third-order valence-electron chi connectivity index (χ3n) is 3.98. The van der Waals surface area contributed by atoms with E-state index >= 15 is 0 Å². The van der Waals surface area contributed by atoms with Crippen molar-refractivity contribution in [2.24, 2.45) is 0 Å². The van der Waals surface area contributed by atoms with Gasteiger partial charge in [-0.1, -0.05) is 35.1 Å². The molecule has 26 heavy (non-hydrogen) atoms. The third-order valence-corrected chi connectivity index (χ3v) is 5.23. The van der Waals surface area contributed by atoms with E-state index < -0.39 is 0 Å². The molecule has 0 saturated carbocycles. The first-order valence-electron chi connectivity index (χ1n) is 8.04. The fourth-order valence-corrected chi connectivity index (χ4v) is 4.18. The Balaban J connectivity index is 1.91. The van der Waals surface area contributed by atoms with Gasteiger partial charge in [-0.25, -0.2) is 9.38 Å². The van der Waals surface area contributed by atoms with Crippen molar-refractivity contribution in [3.05, 3.63) is 61.9 Å². The highest BCUT2D eigenvalue weighted by molar-refractivity contribution is 7.15. The molecule has 0 N–H and O–H groups in total. The van der Waals surface area contributed by atoms with Gasteiger partial charge < -0.3 is 9.47 Å². The first kappa shape index (κ1) is 16.9. The number of para-hydroxylation sites is 2. The van der Waals surface area contributed by atoms with Crippen LogP contribution in [0.3, 0.4) is 0 Å². The number of hydrogen-bond donors (Lipinski definition) is 0. The second-order valence-electron chi connectivity index (χ2n) is 5.60. The molecule has 0 amide bonds. The highest BCUT2D eigenvalue weighted by atomic mass is 35.5. The van der Waals surface area contributed by atoms with Crippen LogP contribution in [0.15, 0.2) is 41.2 Å². The predicted molar refractivity (Wildman–Crippen MR) is 105 cm³/mol. The number of halogens is 1. The number of methoxy groups -OCH3 is 1. The zero-order chi connectivity index (χ0) is 18.3. The summed E-state index contributed by atoms with van der Waals surface area (Å²) in [7, 11) is 1.54. The van der Waals surface area contributed by atoms with E-state index in [0.717, 1.165) is 16.6 Å². The SMILES string of the molecule is CCOc1cc(C=c2sc3nc4ccccc4n3c2=O)cc(Cl)c1OC. The van der Waals surface area contributed by atoms with E-state index in [0.29, 0.717) is 32.6 Å². The summed E-state index contributed by atoms with van der Waals surface area (Å²) < 4.78 is 13.1. The van der Waals surface area contributed by atoms with Crippen molar-refractivity contribution in [1.82, 2.24) is 9.38 Å². The summed E-state index contributed by atoms with van der Waals surface area (Å²) in [6, 6.07) is 11.2. The molecule has 0 unspecified atom stereocenters. The van der Waals surface area contributed by atoms with Crippen molar-refractivity contribution >= 4 is 45.0 Å². The molecule has 0 spiro atoms. The highest BCUT2D eigenvalue weighted by Gasteiger charge is 2.13.